The fourth-order valence-electron chi connectivity index (χ4n) is 1.23. The molecular weight excluding hydrogens is 222 g/mol. The van der Waals surface area contributed by atoms with E-state index >= 15 is 0 Å². The predicted octanol–water partition coefficient (Wildman–Crippen LogP) is -0.601. The van der Waals surface area contributed by atoms with E-state index in [2.05, 4.69) is 0 Å². The second-order valence-electron chi connectivity index (χ2n) is 3.31. The van der Waals surface area contributed by atoms with E-state index < -0.39 is 5.54 Å². The van der Waals surface area contributed by atoms with Crippen LogP contribution in [0.1, 0.15) is 0 Å². The molecule has 0 spiro atoms. The third-order valence-electron chi connectivity index (χ3n) is 2.42. The van der Waals surface area contributed by atoms with Gasteiger partial charge in [0.1, 0.15) is 0 Å². The van der Waals surface area contributed by atoms with Gasteiger partial charge < -0.3 is 15.3 Å². The Labute approximate surface area is 92.7 Å². The van der Waals surface area contributed by atoms with Gasteiger partial charge in [-0.05, 0) is 0 Å². The first-order chi connectivity index (χ1) is 6.79. The van der Waals surface area contributed by atoms with Crippen molar-refractivity contribution in [1.82, 2.24) is 4.90 Å². The van der Waals surface area contributed by atoms with Gasteiger partial charge in [-0.15, -0.1) is 23.5 Å². The minimum atomic E-state index is -0.857. The number of aliphatic hydroxyl groups excluding tert-OH is 3. The Morgan fingerprint density at radius 3 is 1.71 bits per heavy atom. The molecule has 3 N–H and O–H groups in total. The Hall–Kier alpha value is 0.540. The Morgan fingerprint density at radius 2 is 1.36 bits per heavy atom. The lowest BCUT2D eigenvalue weighted by Gasteiger charge is -2.38. The SMILES string of the molecule is OCC(CO)(CO)N1CSCCSC1. The van der Waals surface area contributed by atoms with E-state index in [1.165, 1.54) is 0 Å². The lowest BCUT2D eigenvalue weighted by molar-refractivity contribution is -0.0285. The maximum atomic E-state index is 9.24. The van der Waals surface area contributed by atoms with E-state index in [4.69, 9.17) is 0 Å². The molecule has 0 aromatic heterocycles. The summed E-state index contributed by atoms with van der Waals surface area (Å²) < 4.78 is 0. The van der Waals surface area contributed by atoms with Crippen LogP contribution in [0.15, 0.2) is 0 Å². The average Bonchev–Trinajstić information content (AvgIpc) is 2.51. The van der Waals surface area contributed by atoms with E-state index in [9.17, 15) is 15.3 Å². The first-order valence-corrected chi connectivity index (χ1v) is 6.83. The summed E-state index contributed by atoms with van der Waals surface area (Å²) in [4.78, 5) is 1.95. The molecule has 84 valence electrons. The Morgan fingerprint density at radius 1 is 0.929 bits per heavy atom. The van der Waals surface area contributed by atoms with Gasteiger partial charge >= 0.3 is 0 Å². The normalized spacial score (nSPS) is 20.8. The molecule has 0 bridgehead atoms. The molecule has 0 saturated carbocycles. The standard InChI is InChI=1S/C8H17NO3S2/c10-3-8(4-11,5-12)9-6-13-1-2-14-7-9/h10-12H,1-7H2. The van der Waals surface area contributed by atoms with Crippen molar-refractivity contribution in [3.8, 4) is 0 Å². The summed E-state index contributed by atoms with van der Waals surface area (Å²) in [6.45, 7) is -0.622. The summed E-state index contributed by atoms with van der Waals surface area (Å²) in [5.74, 6) is 3.68. The van der Waals surface area contributed by atoms with E-state index in [-0.39, 0.29) is 19.8 Å². The van der Waals surface area contributed by atoms with Crippen LogP contribution in [0.5, 0.6) is 0 Å². The lowest BCUT2D eigenvalue weighted by Crippen LogP contribution is -2.56. The molecule has 4 nitrogen and oxygen atoms in total. The minimum Gasteiger partial charge on any atom is -0.394 e. The minimum absolute atomic E-state index is 0.207. The number of hydrogen-bond acceptors (Lipinski definition) is 6. The zero-order chi connectivity index (χ0) is 10.4. The Kier molecular flexibility index (Phi) is 5.58. The number of aliphatic hydroxyl groups is 3. The van der Waals surface area contributed by atoms with Gasteiger partial charge in [0.2, 0.25) is 0 Å². The summed E-state index contributed by atoms with van der Waals surface area (Å²) >= 11 is 3.54. The second kappa shape index (κ2) is 6.19. The summed E-state index contributed by atoms with van der Waals surface area (Å²) in [6, 6.07) is 0. The molecule has 0 amide bonds. The van der Waals surface area contributed by atoms with Crippen molar-refractivity contribution in [2.45, 2.75) is 5.54 Å². The molecule has 1 saturated heterocycles. The maximum Gasteiger partial charge on any atom is 0.0919 e. The molecule has 0 radical (unpaired) electrons. The predicted molar refractivity (Wildman–Crippen MR) is 60.5 cm³/mol. The zero-order valence-corrected chi connectivity index (χ0v) is 9.69. The van der Waals surface area contributed by atoms with Gasteiger partial charge in [-0.3, -0.25) is 4.90 Å². The van der Waals surface area contributed by atoms with Crippen molar-refractivity contribution in [3.05, 3.63) is 0 Å². The lowest BCUT2D eigenvalue weighted by atomic mass is 10.0. The number of rotatable bonds is 4. The molecular formula is C8H17NO3S2. The van der Waals surface area contributed by atoms with Crippen molar-refractivity contribution in [3.63, 3.8) is 0 Å². The van der Waals surface area contributed by atoms with Gasteiger partial charge in [-0.1, -0.05) is 0 Å². The molecule has 1 aliphatic rings. The van der Waals surface area contributed by atoms with Crippen LogP contribution >= 0.6 is 23.5 Å². The van der Waals surface area contributed by atoms with Gasteiger partial charge in [-0.25, -0.2) is 0 Å². The fraction of sp³-hybridized carbons (Fsp3) is 1.00. The van der Waals surface area contributed by atoms with Crippen molar-refractivity contribution in [2.75, 3.05) is 43.1 Å². The van der Waals surface area contributed by atoms with Crippen LogP contribution in [-0.2, 0) is 0 Å². The quantitative estimate of drug-likeness (QED) is 0.609. The molecule has 0 aromatic carbocycles. The number of nitrogens with zero attached hydrogens (tertiary/aromatic N) is 1. The van der Waals surface area contributed by atoms with Crippen LogP contribution in [0, 0.1) is 0 Å². The zero-order valence-electron chi connectivity index (χ0n) is 8.06. The van der Waals surface area contributed by atoms with Crippen LogP contribution < -0.4 is 0 Å². The molecule has 1 aliphatic heterocycles. The van der Waals surface area contributed by atoms with Crippen molar-refractivity contribution in [2.24, 2.45) is 0 Å². The van der Waals surface area contributed by atoms with Crippen molar-refractivity contribution in [1.29, 1.82) is 0 Å². The monoisotopic (exact) mass is 239 g/mol. The van der Waals surface area contributed by atoms with E-state index in [1.807, 2.05) is 4.90 Å². The highest BCUT2D eigenvalue weighted by molar-refractivity contribution is 8.03. The molecule has 1 rings (SSSR count). The van der Waals surface area contributed by atoms with Crippen molar-refractivity contribution >= 4 is 23.5 Å². The summed E-state index contributed by atoms with van der Waals surface area (Å²) in [7, 11) is 0. The van der Waals surface area contributed by atoms with Crippen LogP contribution in [0.2, 0.25) is 0 Å². The molecule has 1 fully saturated rings. The van der Waals surface area contributed by atoms with Crippen molar-refractivity contribution < 1.29 is 15.3 Å². The summed E-state index contributed by atoms with van der Waals surface area (Å²) in [5, 5.41) is 27.7. The largest absolute Gasteiger partial charge is 0.394 e. The van der Waals surface area contributed by atoms with E-state index in [0.717, 1.165) is 23.3 Å². The topological polar surface area (TPSA) is 63.9 Å². The first kappa shape index (κ1) is 12.6. The molecule has 0 atom stereocenters. The third kappa shape index (κ3) is 2.77. The van der Waals surface area contributed by atoms with Gasteiger partial charge in [0.05, 0.1) is 25.4 Å². The Bertz CT molecular complexity index is 150. The van der Waals surface area contributed by atoms with Gasteiger partial charge in [0.15, 0.2) is 0 Å². The summed E-state index contributed by atoms with van der Waals surface area (Å²) in [6.07, 6.45) is 0. The fourth-order valence-corrected chi connectivity index (χ4v) is 3.72. The van der Waals surface area contributed by atoms with E-state index in [1.54, 1.807) is 23.5 Å². The highest BCUT2D eigenvalue weighted by atomic mass is 32.2. The second-order valence-corrected chi connectivity index (χ2v) is 5.46. The highest BCUT2D eigenvalue weighted by Gasteiger charge is 2.35. The molecule has 6 heteroatoms. The Balaban J connectivity index is 2.64. The van der Waals surface area contributed by atoms with E-state index in [0.29, 0.717) is 0 Å². The molecule has 0 unspecified atom stereocenters. The summed E-state index contributed by atoms with van der Waals surface area (Å²) in [5.41, 5.74) is -0.857. The van der Waals surface area contributed by atoms with Gasteiger partial charge in [-0.2, -0.15) is 0 Å². The van der Waals surface area contributed by atoms with Crippen LogP contribution in [0.25, 0.3) is 0 Å². The van der Waals surface area contributed by atoms with Gasteiger partial charge in [0, 0.05) is 23.3 Å². The number of thioether (sulfide) groups is 2. The number of hydrogen-bond donors (Lipinski definition) is 3. The molecule has 0 aliphatic carbocycles. The third-order valence-corrected chi connectivity index (χ3v) is 4.65. The molecule has 1 heterocycles. The highest BCUT2D eigenvalue weighted by Crippen LogP contribution is 2.24. The van der Waals surface area contributed by atoms with Gasteiger partial charge in [0.25, 0.3) is 0 Å². The molecule has 0 aromatic rings. The maximum absolute atomic E-state index is 9.24. The van der Waals surface area contributed by atoms with Crippen LogP contribution in [0.3, 0.4) is 0 Å². The van der Waals surface area contributed by atoms with Crippen LogP contribution in [0.4, 0.5) is 0 Å². The molecule has 14 heavy (non-hydrogen) atoms. The van der Waals surface area contributed by atoms with Crippen LogP contribution in [-0.4, -0.2) is 68.8 Å². The first-order valence-electron chi connectivity index (χ1n) is 4.52. The average molecular weight is 239 g/mol. The smallest absolute Gasteiger partial charge is 0.0919 e.